The molecule has 0 radical (unpaired) electrons. The quantitative estimate of drug-likeness (QED) is 0.308. The summed E-state index contributed by atoms with van der Waals surface area (Å²) < 4.78 is 16.5. The van der Waals surface area contributed by atoms with Crippen molar-refractivity contribution in [3.63, 3.8) is 0 Å². The van der Waals surface area contributed by atoms with Gasteiger partial charge in [0.2, 0.25) is 5.91 Å². The van der Waals surface area contributed by atoms with Crippen molar-refractivity contribution in [2.45, 2.75) is 32.1 Å². The van der Waals surface area contributed by atoms with Crippen LogP contribution in [-0.4, -0.2) is 31.0 Å². The normalized spacial score (nSPS) is 11.2. The molecule has 2 aromatic heterocycles. The van der Waals surface area contributed by atoms with E-state index in [-0.39, 0.29) is 29.6 Å². The van der Waals surface area contributed by atoms with Gasteiger partial charge in [0.25, 0.3) is 5.56 Å². The molecule has 0 saturated carbocycles. The first kappa shape index (κ1) is 23.0. The van der Waals surface area contributed by atoms with Crippen LogP contribution in [0.2, 0.25) is 5.02 Å². The fourth-order valence-corrected chi connectivity index (χ4v) is 4.39. The van der Waals surface area contributed by atoms with Crippen LogP contribution in [0.1, 0.15) is 18.2 Å². The van der Waals surface area contributed by atoms with Crippen LogP contribution in [0, 0.1) is 12.7 Å². The highest BCUT2D eigenvalue weighted by molar-refractivity contribution is 7.99. The maximum atomic E-state index is 13.5. The molecular formula is C23H21ClFN5O2S. The summed E-state index contributed by atoms with van der Waals surface area (Å²) in [4.78, 5) is 30.7. The summed E-state index contributed by atoms with van der Waals surface area (Å²) in [6, 6.07) is 12.9. The number of nitrogens with one attached hydrogen (secondary N) is 1. The van der Waals surface area contributed by atoms with Crippen LogP contribution < -0.4 is 10.9 Å². The molecule has 0 saturated heterocycles. The number of nitrogens with zero attached hydrogens (tertiary/aromatic N) is 4. The molecule has 0 aliphatic rings. The SMILES string of the molecule is CCn1nc(C)c2nc(SCC(=O)Nc3ccccc3Cl)n(Cc3ccc(F)cc3)c(=O)c21. The highest BCUT2D eigenvalue weighted by Gasteiger charge is 2.19. The topological polar surface area (TPSA) is 81.8 Å². The first-order valence-electron chi connectivity index (χ1n) is 10.3. The lowest BCUT2D eigenvalue weighted by Gasteiger charge is -2.13. The van der Waals surface area contributed by atoms with Crippen LogP contribution >= 0.6 is 23.4 Å². The van der Waals surface area contributed by atoms with Gasteiger partial charge in [-0.1, -0.05) is 47.6 Å². The largest absolute Gasteiger partial charge is 0.324 e. The van der Waals surface area contributed by atoms with Crippen molar-refractivity contribution in [1.82, 2.24) is 19.3 Å². The molecule has 7 nitrogen and oxygen atoms in total. The smallest absolute Gasteiger partial charge is 0.280 e. The van der Waals surface area contributed by atoms with Gasteiger partial charge in [0, 0.05) is 6.54 Å². The zero-order valence-corrected chi connectivity index (χ0v) is 19.6. The van der Waals surface area contributed by atoms with Crippen molar-refractivity contribution in [2.75, 3.05) is 11.1 Å². The molecule has 0 aliphatic carbocycles. The van der Waals surface area contributed by atoms with E-state index in [1.165, 1.54) is 16.7 Å². The van der Waals surface area contributed by atoms with Gasteiger partial charge in [0.1, 0.15) is 11.3 Å². The van der Waals surface area contributed by atoms with Crippen molar-refractivity contribution < 1.29 is 9.18 Å². The van der Waals surface area contributed by atoms with Crippen LogP contribution in [0.4, 0.5) is 10.1 Å². The number of carbonyl (C=O) groups excluding carboxylic acids is 1. The molecule has 2 heterocycles. The van der Waals surface area contributed by atoms with Crippen molar-refractivity contribution in [3.05, 3.63) is 81.0 Å². The average Bonchev–Trinajstić information content (AvgIpc) is 3.13. The van der Waals surface area contributed by atoms with E-state index in [0.717, 1.165) is 17.3 Å². The predicted molar refractivity (Wildman–Crippen MR) is 129 cm³/mol. The Morgan fingerprint density at radius 2 is 1.91 bits per heavy atom. The third-order valence-corrected chi connectivity index (χ3v) is 6.32. The molecule has 1 N–H and O–H groups in total. The average molecular weight is 486 g/mol. The summed E-state index contributed by atoms with van der Waals surface area (Å²) >= 11 is 7.26. The van der Waals surface area contributed by atoms with Gasteiger partial charge in [-0.15, -0.1) is 0 Å². The number of anilines is 1. The molecule has 0 spiro atoms. The highest BCUT2D eigenvalue weighted by Crippen LogP contribution is 2.23. The number of para-hydroxylation sites is 1. The van der Waals surface area contributed by atoms with E-state index in [4.69, 9.17) is 11.6 Å². The fraction of sp³-hybridized carbons (Fsp3) is 0.217. The van der Waals surface area contributed by atoms with Crippen molar-refractivity contribution in [1.29, 1.82) is 0 Å². The Morgan fingerprint density at radius 1 is 1.18 bits per heavy atom. The molecule has 0 atom stereocenters. The number of hydrogen-bond donors (Lipinski definition) is 1. The number of carbonyl (C=O) groups is 1. The summed E-state index contributed by atoms with van der Waals surface area (Å²) in [7, 11) is 0. The van der Waals surface area contributed by atoms with Gasteiger partial charge >= 0.3 is 0 Å². The lowest BCUT2D eigenvalue weighted by molar-refractivity contribution is -0.113. The lowest BCUT2D eigenvalue weighted by Crippen LogP contribution is -2.26. The molecule has 0 unspecified atom stereocenters. The highest BCUT2D eigenvalue weighted by atomic mass is 35.5. The van der Waals surface area contributed by atoms with E-state index in [0.29, 0.717) is 39.1 Å². The Labute approximate surface area is 198 Å². The Kier molecular flexibility index (Phi) is 6.80. The molecule has 10 heteroatoms. The number of aromatic nitrogens is 4. The predicted octanol–water partition coefficient (Wildman–Crippen LogP) is 4.49. The van der Waals surface area contributed by atoms with E-state index >= 15 is 0 Å². The minimum atomic E-state index is -0.356. The molecule has 33 heavy (non-hydrogen) atoms. The second-order valence-corrected chi connectivity index (χ2v) is 8.68. The molecular weight excluding hydrogens is 465 g/mol. The van der Waals surface area contributed by atoms with Crippen molar-refractivity contribution in [2.24, 2.45) is 0 Å². The molecule has 0 aliphatic heterocycles. The van der Waals surface area contributed by atoms with E-state index in [1.54, 1.807) is 48.0 Å². The molecule has 0 bridgehead atoms. The Morgan fingerprint density at radius 3 is 2.61 bits per heavy atom. The van der Waals surface area contributed by atoms with Gasteiger partial charge in [-0.05, 0) is 43.7 Å². The summed E-state index contributed by atoms with van der Waals surface area (Å²) in [6.45, 7) is 4.40. The number of fused-ring (bicyclic) bond motifs is 1. The molecule has 2 aromatic carbocycles. The lowest BCUT2D eigenvalue weighted by atomic mass is 10.2. The van der Waals surface area contributed by atoms with Gasteiger partial charge in [-0.25, -0.2) is 9.37 Å². The Hall–Kier alpha value is -3.17. The van der Waals surface area contributed by atoms with Crippen LogP contribution in [0.15, 0.2) is 58.5 Å². The minimum absolute atomic E-state index is 0.0214. The number of benzene rings is 2. The fourth-order valence-electron chi connectivity index (χ4n) is 3.42. The van der Waals surface area contributed by atoms with Gasteiger partial charge in [0.05, 0.1) is 28.7 Å². The monoisotopic (exact) mass is 485 g/mol. The number of rotatable bonds is 7. The van der Waals surface area contributed by atoms with Gasteiger partial charge in [-0.3, -0.25) is 18.8 Å². The number of amides is 1. The molecule has 4 rings (SSSR count). The van der Waals surface area contributed by atoms with Gasteiger partial charge in [-0.2, -0.15) is 5.10 Å². The van der Waals surface area contributed by atoms with Crippen LogP contribution in [0.25, 0.3) is 11.0 Å². The number of hydrogen-bond acceptors (Lipinski definition) is 5. The first-order chi connectivity index (χ1) is 15.9. The van der Waals surface area contributed by atoms with E-state index in [1.807, 2.05) is 6.92 Å². The summed E-state index contributed by atoms with van der Waals surface area (Å²) in [5, 5.41) is 8.00. The summed E-state index contributed by atoms with van der Waals surface area (Å²) in [5.41, 5.74) is 2.53. The zero-order chi connectivity index (χ0) is 23.5. The van der Waals surface area contributed by atoms with Crippen molar-refractivity contribution in [3.8, 4) is 0 Å². The molecule has 4 aromatic rings. The van der Waals surface area contributed by atoms with Gasteiger partial charge in [0.15, 0.2) is 10.7 Å². The first-order valence-corrected chi connectivity index (χ1v) is 11.6. The Balaban J connectivity index is 1.68. The van der Waals surface area contributed by atoms with Crippen LogP contribution in [0.5, 0.6) is 0 Å². The summed E-state index contributed by atoms with van der Waals surface area (Å²) in [5.74, 6) is -0.616. The molecule has 0 fully saturated rings. The molecule has 1 amide bonds. The minimum Gasteiger partial charge on any atom is -0.324 e. The van der Waals surface area contributed by atoms with E-state index < -0.39 is 0 Å². The van der Waals surface area contributed by atoms with Gasteiger partial charge < -0.3 is 5.32 Å². The maximum absolute atomic E-state index is 13.5. The zero-order valence-electron chi connectivity index (χ0n) is 18.0. The van der Waals surface area contributed by atoms with Crippen LogP contribution in [0.3, 0.4) is 0 Å². The third kappa shape index (κ3) is 4.94. The number of halogens is 2. The van der Waals surface area contributed by atoms with Crippen molar-refractivity contribution >= 4 is 46.0 Å². The number of thioether (sulfide) groups is 1. The third-order valence-electron chi connectivity index (χ3n) is 5.02. The molecule has 170 valence electrons. The second kappa shape index (κ2) is 9.76. The summed E-state index contributed by atoms with van der Waals surface area (Å²) in [6.07, 6.45) is 0. The standard InChI is InChI=1S/C23H21ClFN5O2S/c1-3-30-21-20(14(2)28-30)27-23(29(22(21)32)12-15-8-10-16(25)11-9-15)33-13-19(31)26-18-7-5-4-6-17(18)24/h4-11H,3,12-13H2,1-2H3,(H,26,31). The Bertz CT molecular complexity index is 1380. The maximum Gasteiger partial charge on any atom is 0.280 e. The van der Waals surface area contributed by atoms with E-state index in [2.05, 4.69) is 15.4 Å². The second-order valence-electron chi connectivity index (χ2n) is 7.33. The van der Waals surface area contributed by atoms with Crippen LogP contribution in [-0.2, 0) is 17.9 Å². The number of aryl methyl sites for hydroxylation is 2. The van der Waals surface area contributed by atoms with E-state index in [9.17, 15) is 14.0 Å².